The van der Waals surface area contributed by atoms with Crippen molar-refractivity contribution < 1.29 is 9.53 Å². The van der Waals surface area contributed by atoms with Crippen molar-refractivity contribution in [1.82, 2.24) is 9.55 Å². The number of fused-ring (bicyclic) bond motifs is 1. The number of aromatic nitrogens is 2. The number of benzene rings is 1. The van der Waals surface area contributed by atoms with E-state index in [4.69, 9.17) is 27.9 Å². The SMILES string of the molecule is COC(=O)C(C)n1c(CCCl)nc2cccc(Cl)c21. The molecule has 0 radical (unpaired) electrons. The molecule has 0 amide bonds. The minimum absolute atomic E-state index is 0.338. The molecule has 0 N–H and O–H groups in total. The highest BCUT2D eigenvalue weighted by molar-refractivity contribution is 6.35. The number of nitrogens with zero attached hydrogens (tertiary/aromatic N) is 2. The van der Waals surface area contributed by atoms with Gasteiger partial charge < -0.3 is 9.30 Å². The number of carbonyl (C=O) groups is 1. The second-order valence-corrected chi connectivity index (χ2v) is 4.93. The number of aryl methyl sites for hydroxylation is 1. The first-order chi connectivity index (χ1) is 9.10. The van der Waals surface area contributed by atoms with Crippen LogP contribution in [0.25, 0.3) is 11.0 Å². The molecule has 1 atom stereocenters. The first kappa shape index (κ1) is 14.2. The van der Waals surface area contributed by atoms with Gasteiger partial charge in [0.2, 0.25) is 0 Å². The molecule has 1 aromatic carbocycles. The highest BCUT2D eigenvalue weighted by atomic mass is 35.5. The maximum atomic E-state index is 11.8. The van der Waals surface area contributed by atoms with E-state index in [2.05, 4.69) is 4.98 Å². The summed E-state index contributed by atoms with van der Waals surface area (Å²) in [5.74, 6) is 0.820. The number of ether oxygens (including phenoxy) is 1. The minimum atomic E-state index is -0.492. The van der Waals surface area contributed by atoms with Gasteiger partial charge in [-0.1, -0.05) is 17.7 Å². The molecule has 0 aliphatic carbocycles. The largest absolute Gasteiger partial charge is 0.467 e. The Labute approximate surface area is 121 Å². The fourth-order valence-corrected chi connectivity index (χ4v) is 2.54. The molecular formula is C13H14Cl2N2O2. The average molecular weight is 301 g/mol. The summed E-state index contributed by atoms with van der Waals surface area (Å²) >= 11 is 12.0. The van der Waals surface area contributed by atoms with Gasteiger partial charge in [-0.05, 0) is 19.1 Å². The van der Waals surface area contributed by atoms with Gasteiger partial charge in [-0.15, -0.1) is 11.6 Å². The number of esters is 1. The third-order valence-corrected chi connectivity index (χ3v) is 3.48. The van der Waals surface area contributed by atoms with E-state index in [1.165, 1.54) is 7.11 Å². The monoisotopic (exact) mass is 300 g/mol. The van der Waals surface area contributed by atoms with Gasteiger partial charge in [0.25, 0.3) is 0 Å². The van der Waals surface area contributed by atoms with Crippen molar-refractivity contribution >= 4 is 40.2 Å². The first-order valence-electron chi connectivity index (χ1n) is 5.89. The summed E-state index contributed by atoms with van der Waals surface area (Å²) in [6.45, 7) is 1.76. The molecule has 2 rings (SSSR count). The van der Waals surface area contributed by atoms with Crippen LogP contribution in [0.3, 0.4) is 0 Å². The smallest absolute Gasteiger partial charge is 0.328 e. The molecule has 0 fully saturated rings. The molecule has 6 heteroatoms. The number of rotatable bonds is 4. The predicted octanol–water partition coefficient (Wildman–Crippen LogP) is 3.21. The van der Waals surface area contributed by atoms with Crippen molar-refractivity contribution in [2.75, 3.05) is 13.0 Å². The third kappa shape index (κ3) is 2.55. The molecule has 1 heterocycles. The topological polar surface area (TPSA) is 44.1 Å². The number of para-hydroxylation sites is 1. The molecule has 0 spiro atoms. The van der Waals surface area contributed by atoms with E-state index in [-0.39, 0.29) is 5.97 Å². The van der Waals surface area contributed by atoms with Crippen molar-refractivity contribution in [3.8, 4) is 0 Å². The summed E-state index contributed by atoms with van der Waals surface area (Å²) in [7, 11) is 1.36. The molecule has 19 heavy (non-hydrogen) atoms. The van der Waals surface area contributed by atoms with Crippen LogP contribution in [0.1, 0.15) is 18.8 Å². The van der Waals surface area contributed by atoms with Gasteiger partial charge in [0.05, 0.1) is 23.2 Å². The van der Waals surface area contributed by atoms with E-state index in [0.29, 0.717) is 17.3 Å². The summed E-state index contributed by atoms with van der Waals surface area (Å²) < 4.78 is 6.59. The first-order valence-corrected chi connectivity index (χ1v) is 6.80. The third-order valence-electron chi connectivity index (χ3n) is 2.98. The Morgan fingerprint density at radius 1 is 1.53 bits per heavy atom. The highest BCUT2D eigenvalue weighted by Gasteiger charge is 2.23. The van der Waals surface area contributed by atoms with Gasteiger partial charge in [-0.25, -0.2) is 9.78 Å². The second-order valence-electron chi connectivity index (χ2n) is 4.14. The van der Waals surface area contributed by atoms with Crippen LogP contribution in [-0.2, 0) is 16.0 Å². The molecule has 0 aliphatic heterocycles. The van der Waals surface area contributed by atoms with E-state index in [1.807, 2.05) is 12.1 Å². The van der Waals surface area contributed by atoms with Crippen molar-refractivity contribution in [2.45, 2.75) is 19.4 Å². The fraction of sp³-hybridized carbons (Fsp3) is 0.385. The number of alkyl halides is 1. The van der Waals surface area contributed by atoms with Crippen molar-refractivity contribution in [2.24, 2.45) is 0 Å². The molecule has 4 nitrogen and oxygen atoms in total. The van der Waals surface area contributed by atoms with Crippen LogP contribution >= 0.6 is 23.2 Å². The van der Waals surface area contributed by atoms with Crippen LogP contribution in [0.2, 0.25) is 5.02 Å². The summed E-state index contributed by atoms with van der Waals surface area (Å²) in [5.41, 5.74) is 1.49. The zero-order valence-electron chi connectivity index (χ0n) is 10.7. The van der Waals surface area contributed by atoms with Crippen LogP contribution in [-0.4, -0.2) is 28.5 Å². The van der Waals surface area contributed by atoms with Crippen LogP contribution < -0.4 is 0 Å². The predicted molar refractivity (Wildman–Crippen MR) is 75.9 cm³/mol. The molecule has 0 aliphatic rings. The van der Waals surface area contributed by atoms with E-state index in [9.17, 15) is 4.79 Å². The van der Waals surface area contributed by atoms with Crippen LogP contribution in [0.15, 0.2) is 18.2 Å². The van der Waals surface area contributed by atoms with Crippen molar-refractivity contribution in [1.29, 1.82) is 0 Å². The number of hydrogen-bond donors (Lipinski definition) is 0. The quantitative estimate of drug-likeness (QED) is 0.643. The molecule has 0 saturated heterocycles. The van der Waals surface area contributed by atoms with Crippen LogP contribution in [0.5, 0.6) is 0 Å². The van der Waals surface area contributed by atoms with Gasteiger partial charge in [-0.2, -0.15) is 0 Å². The zero-order valence-corrected chi connectivity index (χ0v) is 12.2. The van der Waals surface area contributed by atoms with Gasteiger partial charge in [0, 0.05) is 12.3 Å². The molecular weight excluding hydrogens is 287 g/mol. The van der Waals surface area contributed by atoms with Crippen molar-refractivity contribution in [3.63, 3.8) is 0 Å². The Balaban J connectivity index is 2.66. The minimum Gasteiger partial charge on any atom is -0.467 e. The lowest BCUT2D eigenvalue weighted by atomic mass is 10.2. The number of methoxy groups -OCH3 is 1. The summed E-state index contributed by atoms with van der Waals surface area (Å²) in [5, 5.41) is 0.557. The van der Waals surface area contributed by atoms with Gasteiger partial charge in [0.1, 0.15) is 11.9 Å². The van der Waals surface area contributed by atoms with E-state index < -0.39 is 6.04 Å². The standard InChI is InChI=1S/C13H14Cl2N2O2/c1-8(13(18)19-2)17-11(6-7-14)16-10-5-3-4-9(15)12(10)17/h3-5,8H,6-7H2,1-2H3. The molecule has 0 saturated carbocycles. The normalized spacial score (nSPS) is 12.6. The van der Waals surface area contributed by atoms with Crippen LogP contribution in [0, 0.1) is 0 Å². The summed E-state index contributed by atoms with van der Waals surface area (Å²) in [4.78, 5) is 16.3. The lowest BCUT2D eigenvalue weighted by Crippen LogP contribution is -2.20. The molecule has 2 aromatic rings. The second kappa shape index (κ2) is 5.80. The Morgan fingerprint density at radius 3 is 2.89 bits per heavy atom. The Bertz CT molecular complexity index is 610. The highest BCUT2D eigenvalue weighted by Crippen LogP contribution is 2.28. The Hall–Kier alpha value is -1.26. The number of imidazole rings is 1. The lowest BCUT2D eigenvalue weighted by molar-refractivity contribution is -0.143. The maximum Gasteiger partial charge on any atom is 0.328 e. The summed E-state index contributed by atoms with van der Waals surface area (Å²) in [6.07, 6.45) is 0.563. The van der Waals surface area contributed by atoms with E-state index in [0.717, 1.165) is 16.9 Å². The van der Waals surface area contributed by atoms with E-state index >= 15 is 0 Å². The maximum absolute atomic E-state index is 11.8. The Morgan fingerprint density at radius 2 is 2.26 bits per heavy atom. The number of carbonyl (C=O) groups excluding carboxylic acids is 1. The van der Waals surface area contributed by atoms with Crippen molar-refractivity contribution in [3.05, 3.63) is 29.0 Å². The van der Waals surface area contributed by atoms with Crippen LogP contribution in [0.4, 0.5) is 0 Å². The number of hydrogen-bond acceptors (Lipinski definition) is 3. The summed E-state index contributed by atoms with van der Waals surface area (Å²) in [6, 6.07) is 4.97. The molecule has 102 valence electrons. The van der Waals surface area contributed by atoms with Gasteiger partial charge in [-0.3, -0.25) is 0 Å². The fourth-order valence-electron chi connectivity index (χ4n) is 2.11. The Kier molecular flexibility index (Phi) is 4.32. The molecule has 1 aromatic heterocycles. The van der Waals surface area contributed by atoms with Gasteiger partial charge in [0.15, 0.2) is 0 Å². The average Bonchev–Trinajstić information content (AvgIpc) is 2.77. The van der Waals surface area contributed by atoms with E-state index in [1.54, 1.807) is 17.6 Å². The zero-order chi connectivity index (χ0) is 14.0. The van der Waals surface area contributed by atoms with Gasteiger partial charge >= 0.3 is 5.97 Å². The lowest BCUT2D eigenvalue weighted by Gasteiger charge is -2.15. The molecule has 1 unspecified atom stereocenters. The molecule has 0 bridgehead atoms. The number of halogens is 2.